The van der Waals surface area contributed by atoms with Crippen molar-refractivity contribution in [1.82, 2.24) is 9.88 Å². The summed E-state index contributed by atoms with van der Waals surface area (Å²) in [5, 5.41) is 12.4. The number of benzene rings is 1. The van der Waals surface area contributed by atoms with Crippen LogP contribution in [0.25, 0.3) is 0 Å². The SMILES string of the molecule is CC(Oc1c(Br)cc(C2CCN(C(=O)OC(C)(C)C)CC2)cc1[N+](=O)[O-])c1c(N2CCOCC2)ccnc1Cl. The third kappa shape index (κ3) is 7.12. The number of morpholine rings is 1. The summed E-state index contributed by atoms with van der Waals surface area (Å²) in [4.78, 5) is 32.2. The fraction of sp³-hybridized carbons (Fsp3) is 0.556. The second-order valence-electron chi connectivity index (χ2n) is 10.7. The van der Waals surface area contributed by atoms with Gasteiger partial charge in [0.05, 0.1) is 28.2 Å². The first-order valence-electron chi connectivity index (χ1n) is 13.0. The molecular formula is C27H34BrClN4O6. The van der Waals surface area contributed by atoms with Crippen LogP contribution in [0.5, 0.6) is 5.75 Å². The van der Waals surface area contributed by atoms with Gasteiger partial charge in [0.25, 0.3) is 0 Å². The van der Waals surface area contributed by atoms with Crippen LogP contribution in [-0.2, 0) is 9.47 Å². The molecule has 0 N–H and O–H groups in total. The summed E-state index contributed by atoms with van der Waals surface area (Å²) < 4.78 is 17.7. The number of carbonyl (C=O) groups is 1. The molecule has 0 bridgehead atoms. The van der Waals surface area contributed by atoms with E-state index < -0.39 is 16.6 Å². The van der Waals surface area contributed by atoms with Gasteiger partial charge in [0.15, 0.2) is 0 Å². The summed E-state index contributed by atoms with van der Waals surface area (Å²) in [5.74, 6) is 0.195. The molecule has 39 heavy (non-hydrogen) atoms. The highest BCUT2D eigenvalue weighted by Gasteiger charge is 2.31. The number of anilines is 1. The third-order valence-corrected chi connectivity index (χ3v) is 7.72. The maximum Gasteiger partial charge on any atom is 0.410 e. The number of carbonyl (C=O) groups excluding carboxylic acids is 1. The molecule has 0 radical (unpaired) electrons. The van der Waals surface area contributed by atoms with E-state index in [2.05, 4.69) is 25.8 Å². The monoisotopic (exact) mass is 624 g/mol. The van der Waals surface area contributed by atoms with Crippen molar-refractivity contribution < 1.29 is 23.9 Å². The second-order valence-corrected chi connectivity index (χ2v) is 12.0. The first kappa shape index (κ1) is 29.4. The molecule has 1 amide bonds. The third-order valence-electron chi connectivity index (χ3n) is 6.83. The number of amides is 1. The summed E-state index contributed by atoms with van der Waals surface area (Å²) in [6.45, 7) is 11.0. The number of nitrogens with zero attached hydrogens (tertiary/aromatic N) is 4. The van der Waals surface area contributed by atoms with Crippen molar-refractivity contribution in [2.75, 3.05) is 44.3 Å². The largest absolute Gasteiger partial charge is 0.478 e. The standard InChI is InChI=1S/C27H34BrClN4O6/c1-17(23-21(5-8-30-25(23)29)31-11-13-37-14-12-31)38-24-20(28)15-19(16-22(24)33(35)36)18-6-9-32(10-7-18)26(34)39-27(2,3)4/h5,8,15-18H,6-7,9-14H2,1-4H3. The average molecular weight is 626 g/mol. The summed E-state index contributed by atoms with van der Waals surface area (Å²) in [5.41, 5.74) is 1.67. The Morgan fingerprint density at radius 2 is 1.90 bits per heavy atom. The fourth-order valence-electron chi connectivity index (χ4n) is 4.94. The van der Waals surface area contributed by atoms with Crippen molar-refractivity contribution >= 4 is 45.0 Å². The highest BCUT2D eigenvalue weighted by Crippen LogP contribution is 2.44. The number of pyridine rings is 1. The molecule has 1 aromatic carbocycles. The first-order chi connectivity index (χ1) is 18.4. The molecule has 4 rings (SSSR count). The van der Waals surface area contributed by atoms with Gasteiger partial charge in [0.2, 0.25) is 5.75 Å². The summed E-state index contributed by atoms with van der Waals surface area (Å²) in [6, 6.07) is 5.33. The van der Waals surface area contributed by atoms with Crippen LogP contribution in [-0.4, -0.2) is 65.9 Å². The highest BCUT2D eigenvalue weighted by molar-refractivity contribution is 9.10. The minimum Gasteiger partial charge on any atom is -0.478 e. The molecule has 2 aliphatic rings. The molecule has 10 nitrogen and oxygen atoms in total. The molecule has 0 spiro atoms. The van der Waals surface area contributed by atoms with Gasteiger partial charge >= 0.3 is 11.8 Å². The first-order valence-corrected chi connectivity index (χ1v) is 14.2. The van der Waals surface area contributed by atoms with Gasteiger partial charge in [-0.25, -0.2) is 9.78 Å². The van der Waals surface area contributed by atoms with Crippen molar-refractivity contribution in [1.29, 1.82) is 0 Å². The van der Waals surface area contributed by atoms with Crippen molar-refractivity contribution in [3.8, 4) is 5.75 Å². The lowest BCUT2D eigenvalue weighted by atomic mass is 9.89. The van der Waals surface area contributed by atoms with E-state index in [1.165, 1.54) is 0 Å². The topological polar surface area (TPSA) is 107 Å². The number of ether oxygens (including phenoxy) is 3. The van der Waals surface area contributed by atoms with Crippen molar-refractivity contribution in [3.05, 3.63) is 55.3 Å². The van der Waals surface area contributed by atoms with Crippen LogP contribution in [0, 0.1) is 10.1 Å². The second kappa shape index (κ2) is 12.3. The minimum atomic E-state index is -0.609. The van der Waals surface area contributed by atoms with Crippen LogP contribution in [0.1, 0.15) is 63.7 Å². The predicted molar refractivity (Wildman–Crippen MR) is 152 cm³/mol. The Hall–Kier alpha value is -2.63. The van der Waals surface area contributed by atoms with Gasteiger partial charge in [0.1, 0.15) is 16.9 Å². The van der Waals surface area contributed by atoms with E-state index in [4.69, 9.17) is 25.8 Å². The Labute approximate surface area is 241 Å². The highest BCUT2D eigenvalue weighted by atomic mass is 79.9. The van der Waals surface area contributed by atoms with Crippen molar-refractivity contribution in [2.24, 2.45) is 0 Å². The minimum absolute atomic E-state index is 0.0610. The summed E-state index contributed by atoms with van der Waals surface area (Å²) in [7, 11) is 0. The maximum atomic E-state index is 12.4. The molecule has 0 saturated carbocycles. The molecule has 1 atom stereocenters. The van der Waals surface area contributed by atoms with E-state index in [1.807, 2.05) is 39.8 Å². The Morgan fingerprint density at radius 1 is 1.23 bits per heavy atom. The number of hydrogen-bond donors (Lipinski definition) is 0. The number of piperidine rings is 1. The molecular weight excluding hydrogens is 592 g/mol. The number of hydrogen-bond acceptors (Lipinski definition) is 8. The Balaban J connectivity index is 1.54. The van der Waals surface area contributed by atoms with Crippen LogP contribution < -0.4 is 9.64 Å². The fourth-order valence-corrected chi connectivity index (χ4v) is 5.81. The number of halogens is 2. The maximum absolute atomic E-state index is 12.4. The van der Waals surface area contributed by atoms with Crippen LogP contribution in [0.3, 0.4) is 0 Å². The van der Waals surface area contributed by atoms with Gasteiger partial charge in [-0.05, 0) is 80.1 Å². The predicted octanol–water partition coefficient (Wildman–Crippen LogP) is 6.50. The lowest BCUT2D eigenvalue weighted by molar-refractivity contribution is -0.386. The van der Waals surface area contributed by atoms with Crippen LogP contribution in [0.15, 0.2) is 28.9 Å². The number of nitro groups is 1. The van der Waals surface area contributed by atoms with E-state index in [9.17, 15) is 14.9 Å². The van der Waals surface area contributed by atoms with E-state index in [0.29, 0.717) is 67.4 Å². The zero-order valence-electron chi connectivity index (χ0n) is 22.6. The quantitative estimate of drug-likeness (QED) is 0.204. The van der Waals surface area contributed by atoms with Crippen LogP contribution >= 0.6 is 27.5 Å². The van der Waals surface area contributed by atoms with Gasteiger partial charge in [0, 0.05) is 44.1 Å². The van der Waals surface area contributed by atoms with Gasteiger partial charge in [-0.15, -0.1) is 0 Å². The van der Waals surface area contributed by atoms with Gasteiger partial charge in [-0.1, -0.05) is 11.6 Å². The lowest BCUT2D eigenvalue weighted by Crippen LogP contribution is -2.41. The van der Waals surface area contributed by atoms with Gasteiger partial charge < -0.3 is 24.0 Å². The number of nitro benzene ring substituents is 1. The number of likely N-dealkylation sites (tertiary alicyclic amines) is 1. The molecule has 12 heteroatoms. The molecule has 2 aliphatic heterocycles. The molecule has 2 aromatic rings. The normalized spacial score (nSPS) is 17.6. The molecule has 2 fully saturated rings. The van der Waals surface area contributed by atoms with E-state index in [1.54, 1.807) is 17.2 Å². The van der Waals surface area contributed by atoms with Crippen LogP contribution in [0.4, 0.5) is 16.2 Å². The summed E-state index contributed by atoms with van der Waals surface area (Å²) in [6.07, 6.45) is 2.05. The lowest BCUT2D eigenvalue weighted by Gasteiger charge is -2.33. The molecule has 0 aliphatic carbocycles. The summed E-state index contributed by atoms with van der Waals surface area (Å²) >= 11 is 10.0. The molecule has 2 saturated heterocycles. The van der Waals surface area contributed by atoms with E-state index >= 15 is 0 Å². The smallest absolute Gasteiger partial charge is 0.410 e. The van der Waals surface area contributed by atoms with E-state index in [0.717, 1.165) is 11.3 Å². The molecule has 212 valence electrons. The van der Waals surface area contributed by atoms with E-state index in [-0.39, 0.29) is 23.4 Å². The zero-order valence-corrected chi connectivity index (χ0v) is 25.0. The number of rotatable bonds is 6. The van der Waals surface area contributed by atoms with Crippen molar-refractivity contribution in [2.45, 2.75) is 58.2 Å². The molecule has 1 unspecified atom stereocenters. The zero-order chi connectivity index (χ0) is 28.3. The Morgan fingerprint density at radius 3 is 2.51 bits per heavy atom. The van der Waals surface area contributed by atoms with Crippen molar-refractivity contribution in [3.63, 3.8) is 0 Å². The van der Waals surface area contributed by atoms with Crippen LogP contribution in [0.2, 0.25) is 5.15 Å². The average Bonchev–Trinajstić information content (AvgIpc) is 2.89. The Kier molecular flexibility index (Phi) is 9.23. The molecule has 1 aromatic heterocycles. The Bertz CT molecular complexity index is 1210. The van der Waals surface area contributed by atoms with Gasteiger partial charge in [-0.2, -0.15) is 0 Å². The van der Waals surface area contributed by atoms with Gasteiger partial charge in [-0.3, -0.25) is 10.1 Å². The molecule has 3 heterocycles. The number of aromatic nitrogens is 1.